The third-order valence-electron chi connectivity index (χ3n) is 5.65. The maximum absolute atomic E-state index is 10.6. The summed E-state index contributed by atoms with van der Waals surface area (Å²) in [6.45, 7) is 1.02. The van der Waals surface area contributed by atoms with Gasteiger partial charge in [-0.05, 0) is 55.4 Å². The van der Waals surface area contributed by atoms with E-state index in [1.165, 1.54) is 36.9 Å². The Hall–Kier alpha value is -1.02. The fourth-order valence-corrected chi connectivity index (χ4v) is 4.72. The van der Waals surface area contributed by atoms with E-state index < -0.39 is 0 Å². The van der Waals surface area contributed by atoms with Crippen LogP contribution in [0.2, 0.25) is 0 Å². The van der Waals surface area contributed by atoms with Gasteiger partial charge in [-0.2, -0.15) is 0 Å². The molecule has 4 unspecified atom stereocenters. The molecule has 2 N–H and O–H groups in total. The molecular weight excluding hydrogens is 234 g/mol. The minimum absolute atomic E-state index is 0.273. The van der Waals surface area contributed by atoms with Crippen molar-refractivity contribution in [3.05, 3.63) is 29.3 Å². The van der Waals surface area contributed by atoms with E-state index in [1.807, 2.05) is 0 Å². The standard InChI is InChI=1S/C17H23NO/c19-16(10-14-9-11-4-5-13(14)8-11)15-3-1-2-12-6-7-18-17(12)15/h1-3,11,13-14,16,18-19H,4-10H2. The fourth-order valence-electron chi connectivity index (χ4n) is 4.72. The predicted octanol–water partition coefficient (Wildman–Crippen LogP) is 3.51. The van der Waals surface area contributed by atoms with Gasteiger partial charge in [-0.15, -0.1) is 0 Å². The second kappa shape index (κ2) is 4.52. The van der Waals surface area contributed by atoms with Crippen molar-refractivity contribution in [2.75, 3.05) is 11.9 Å². The van der Waals surface area contributed by atoms with Gasteiger partial charge in [-0.3, -0.25) is 0 Å². The average Bonchev–Trinajstić information content (AvgIpc) is 3.13. The molecule has 2 nitrogen and oxygen atoms in total. The van der Waals surface area contributed by atoms with Crippen LogP contribution in [0.5, 0.6) is 0 Å². The first-order valence-electron chi connectivity index (χ1n) is 7.85. The van der Waals surface area contributed by atoms with Crippen molar-refractivity contribution in [1.29, 1.82) is 0 Å². The van der Waals surface area contributed by atoms with E-state index in [4.69, 9.17) is 0 Å². The Bertz CT molecular complexity index is 484. The van der Waals surface area contributed by atoms with Crippen molar-refractivity contribution < 1.29 is 5.11 Å². The molecule has 0 aromatic heterocycles. The molecule has 1 aromatic carbocycles. The number of nitrogens with one attached hydrogen (secondary N) is 1. The van der Waals surface area contributed by atoms with Gasteiger partial charge in [-0.1, -0.05) is 24.6 Å². The highest BCUT2D eigenvalue weighted by Crippen LogP contribution is 2.51. The Kier molecular flexibility index (Phi) is 2.80. The summed E-state index contributed by atoms with van der Waals surface area (Å²) in [6.07, 6.45) is 7.45. The normalized spacial score (nSPS) is 33.2. The molecule has 0 saturated heterocycles. The van der Waals surface area contributed by atoms with Gasteiger partial charge in [0.2, 0.25) is 0 Å². The summed E-state index contributed by atoms with van der Waals surface area (Å²) in [5.41, 5.74) is 3.74. The van der Waals surface area contributed by atoms with Crippen LogP contribution in [-0.4, -0.2) is 11.7 Å². The zero-order valence-electron chi connectivity index (χ0n) is 11.4. The molecule has 102 valence electrons. The Morgan fingerprint density at radius 2 is 2.21 bits per heavy atom. The molecule has 0 radical (unpaired) electrons. The first-order valence-corrected chi connectivity index (χ1v) is 7.85. The van der Waals surface area contributed by atoms with E-state index in [9.17, 15) is 5.11 Å². The molecule has 2 heteroatoms. The molecule has 19 heavy (non-hydrogen) atoms. The van der Waals surface area contributed by atoms with Crippen molar-refractivity contribution in [3.8, 4) is 0 Å². The number of aliphatic hydroxyl groups excluding tert-OH is 1. The zero-order valence-corrected chi connectivity index (χ0v) is 11.4. The van der Waals surface area contributed by atoms with Crippen LogP contribution in [0.25, 0.3) is 0 Å². The van der Waals surface area contributed by atoms with Gasteiger partial charge in [0.05, 0.1) is 6.10 Å². The van der Waals surface area contributed by atoms with Gasteiger partial charge in [0, 0.05) is 17.8 Å². The third-order valence-corrected chi connectivity index (χ3v) is 5.65. The molecule has 3 aliphatic rings. The lowest BCUT2D eigenvalue weighted by Gasteiger charge is -2.25. The van der Waals surface area contributed by atoms with Crippen LogP contribution in [0.15, 0.2) is 18.2 Å². The fraction of sp³-hybridized carbons (Fsp3) is 0.647. The van der Waals surface area contributed by atoms with Crippen LogP contribution in [0.3, 0.4) is 0 Å². The van der Waals surface area contributed by atoms with Gasteiger partial charge in [-0.25, -0.2) is 0 Å². The quantitative estimate of drug-likeness (QED) is 0.868. The van der Waals surface area contributed by atoms with Crippen molar-refractivity contribution in [2.45, 2.75) is 44.6 Å². The number of para-hydroxylation sites is 1. The maximum Gasteiger partial charge on any atom is 0.0812 e. The number of hydrogen-bond donors (Lipinski definition) is 2. The Morgan fingerprint density at radius 1 is 1.26 bits per heavy atom. The topological polar surface area (TPSA) is 32.3 Å². The predicted molar refractivity (Wildman–Crippen MR) is 77.2 cm³/mol. The zero-order chi connectivity index (χ0) is 12.8. The molecule has 1 aliphatic heterocycles. The van der Waals surface area contributed by atoms with Crippen molar-refractivity contribution in [3.63, 3.8) is 0 Å². The van der Waals surface area contributed by atoms with Crippen molar-refractivity contribution >= 4 is 5.69 Å². The van der Waals surface area contributed by atoms with E-state index in [0.29, 0.717) is 0 Å². The smallest absolute Gasteiger partial charge is 0.0812 e. The van der Waals surface area contributed by atoms with E-state index in [-0.39, 0.29) is 6.10 Å². The second-order valence-corrected chi connectivity index (χ2v) is 6.74. The lowest BCUT2D eigenvalue weighted by Crippen LogP contribution is -2.15. The average molecular weight is 257 g/mol. The van der Waals surface area contributed by atoms with E-state index in [0.717, 1.165) is 42.7 Å². The minimum atomic E-state index is -0.273. The van der Waals surface area contributed by atoms with E-state index >= 15 is 0 Å². The lowest BCUT2D eigenvalue weighted by atomic mass is 9.83. The summed E-state index contributed by atoms with van der Waals surface area (Å²) in [5.74, 6) is 2.65. The first kappa shape index (κ1) is 11.8. The number of anilines is 1. The largest absolute Gasteiger partial charge is 0.388 e. The highest BCUT2D eigenvalue weighted by atomic mass is 16.3. The number of rotatable bonds is 3. The minimum Gasteiger partial charge on any atom is -0.388 e. The number of fused-ring (bicyclic) bond motifs is 3. The summed E-state index contributed by atoms with van der Waals surface area (Å²) in [5, 5.41) is 14.1. The molecule has 2 bridgehead atoms. The SMILES string of the molecule is OC(CC1CC2CCC1C2)c1cccc2c1NCC2. The van der Waals surface area contributed by atoms with Gasteiger partial charge in [0.15, 0.2) is 0 Å². The van der Waals surface area contributed by atoms with Gasteiger partial charge in [0.1, 0.15) is 0 Å². The van der Waals surface area contributed by atoms with Gasteiger partial charge in [0.25, 0.3) is 0 Å². The van der Waals surface area contributed by atoms with E-state index in [1.54, 1.807) is 0 Å². The number of benzene rings is 1. The molecule has 2 saturated carbocycles. The molecule has 1 heterocycles. The first-order chi connectivity index (χ1) is 9.31. The lowest BCUT2D eigenvalue weighted by molar-refractivity contribution is 0.126. The molecule has 0 spiro atoms. The summed E-state index contributed by atoms with van der Waals surface area (Å²) < 4.78 is 0. The van der Waals surface area contributed by atoms with Crippen LogP contribution in [0, 0.1) is 17.8 Å². The van der Waals surface area contributed by atoms with Crippen LogP contribution in [-0.2, 0) is 6.42 Å². The van der Waals surface area contributed by atoms with Gasteiger partial charge < -0.3 is 10.4 Å². The van der Waals surface area contributed by atoms with Crippen molar-refractivity contribution in [2.24, 2.45) is 17.8 Å². The maximum atomic E-state index is 10.6. The molecular formula is C17H23NO. The number of aliphatic hydroxyl groups is 1. The molecule has 1 aromatic rings. The molecule has 2 aliphatic carbocycles. The third kappa shape index (κ3) is 1.97. The Morgan fingerprint density at radius 3 is 3.00 bits per heavy atom. The monoisotopic (exact) mass is 257 g/mol. The van der Waals surface area contributed by atoms with Crippen LogP contribution >= 0.6 is 0 Å². The molecule has 2 fully saturated rings. The second-order valence-electron chi connectivity index (χ2n) is 6.74. The van der Waals surface area contributed by atoms with Crippen LogP contribution in [0.1, 0.15) is 49.3 Å². The Balaban J connectivity index is 1.52. The summed E-state index contributed by atoms with van der Waals surface area (Å²) in [6, 6.07) is 6.39. The molecule has 0 amide bonds. The van der Waals surface area contributed by atoms with Crippen LogP contribution in [0.4, 0.5) is 5.69 Å². The van der Waals surface area contributed by atoms with Gasteiger partial charge >= 0.3 is 0 Å². The summed E-state index contributed by atoms with van der Waals surface area (Å²) >= 11 is 0. The Labute approximate surface area is 115 Å². The highest BCUT2D eigenvalue weighted by Gasteiger charge is 2.40. The summed E-state index contributed by atoms with van der Waals surface area (Å²) in [4.78, 5) is 0. The van der Waals surface area contributed by atoms with Crippen molar-refractivity contribution in [1.82, 2.24) is 0 Å². The van der Waals surface area contributed by atoms with Crippen LogP contribution < -0.4 is 5.32 Å². The highest BCUT2D eigenvalue weighted by molar-refractivity contribution is 5.61. The molecule has 4 rings (SSSR count). The summed E-state index contributed by atoms with van der Waals surface area (Å²) in [7, 11) is 0. The molecule has 4 atom stereocenters. The number of hydrogen-bond acceptors (Lipinski definition) is 2. The van der Waals surface area contributed by atoms with E-state index in [2.05, 4.69) is 23.5 Å².